The Morgan fingerprint density at radius 1 is 0.773 bits per heavy atom. The molecule has 0 radical (unpaired) electrons. The number of benzene rings is 2. The number of rotatable bonds is 2. The van der Waals surface area contributed by atoms with Crippen molar-refractivity contribution in [2.75, 3.05) is 0 Å². The Kier molecular flexibility index (Phi) is 6.03. The minimum Gasteiger partial charge on any atom is -0.282 e. The van der Waals surface area contributed by atoms with E-state index in [2.05, 4.69) is 0 Å². The molecule has 0 saturated carbocycles. The molecule has 2 aromatic carbocycles. The Labute approximate surface area is 131 Å². The van der Waals surface area contributed by atoms with Crippen molar-refractivity contribution in [1.82, 2.24) is 0 Å². The maximum absolute atomic E-state index is 12.5. The lowest BCUT2D eigenvalue weighted by atomic mass is 10.4. The molecule has 2 N–H and O–H groups in total. The summed E-state index contributed by atoms with van der Waals surface area (Å²) in [5, 5.41) is 0.0231. The van der Waals surface area contributed by atoms with Crippen LogP contribution in [0, 0.1) is 5.82 Å². The first-order valence-electron chi connectivity index (χ1n) is 5.47. The van der Waals surface area contributed by atoms with Gasteiger partial charge in [0.05, 0.1) is 5.02 Å². The summed E-state index contributed by atoms with van der Waals surface area (Å²) in [7, 11) is -8.57. The fourth-order valence-electron chi connectivity index (χ4n) is 1.31. The molecule has 0 spiro atoms. The first kappa shape index (κ1) is 18.5. The topological polar surface area (TPSA) is 109 Å². The van der Waals surface area contributed by atoms with E-state index in [1.54, 1.807) is 6.07 Å². The van der Waals surface area contributed by atoms with Crippen LogP contribution in [0.1, 0.15) is 0 Å². The highest BCUT2D eigenvalue weighted by Crippen LogP contribution is 2.19. The second-order valence-electron chi connectivity index (χ2n) is 3.81. The number of hydrogen-bond acceptors (Lipinski definition) is 4. The van der Waals surface area contributed by atoms with Gasteiger partial charge >= 0.3 is 0 Å². The monoisotopic (exact) mass is 368 g/mol. The molecular weight excluding hydrogens is 359 g/mol. The molecule has 10 heteroatoms. The molecule has 0 aliphatic carbocycles. The predicted molar refractivity (Wildman–Crippen MR) is 77.5 cm³/mol. The third kappa shape index (κ3) is 5.35. The highest BCUT2D eigenvalue weighted by molar-refractivity contribution is 7.86. The van der Waals surface area contributed by atoms with Crippen molar-refractivity contribution in [3.63, 3.8) is 0 Å². The normalized spacial score (nSPS) is 11.5. The third-order valence-corrected chi connectivity index (χ3v) is 4.47. The van der Waals surface area contributed by atoms with Gasteiger partial charge < -0.3 is 0 Å². The van der Waals surface area contributed by atoms with E-state index in [0.29, 0.717) is 0 Å². The van der Waals surface area contributed by atoms with Crippen LogP contribution in [-0.2, 0) is 20.2 Å². The molecule has 0 amide bonds. The van der Waals surface area contributed by atoms with Crippen LogP contribution in [0.25, 0.3) is 0 Å². The van der Waals surface area contributed by atoms with Crippen LogP contribution in [0.15, 0.2) is 58.3 Å². The zero-order valence-electron chi connectivity index (χ0n) is 10.7. The van der Waals surface area contributed by atoms with Gasteiger partial charge in [-0.25, -0.2) is 4.39 Å². The molecule has 2 rings (SSSR count). The van der Waals surface area contributed by atoms with Crippen molar-refractivity contribution in [2.24, 2.45) is 0 Å². The standard InChI is InChI=1S/C6H5ClO3S.C6H5FO3S/c2*7-5-3-1-2-4-6(5)11(8,9)10/h2*1-4H,(H,8,9,10). The zero-order valence-corrected chi connectivity index (χ0v) is 13.1. The van der Waals surface area contributed by atoms with Crippen LogP contribution in [0.5, 0.6) is 0 Å². The van der Waals surface area contributed by atoms with Crippen molar-refractivity contribution in [1.29, 1.82) is 0 Å². The van der Waals surface area contributed by atoms with E-state index >= 15 is 0 Å². The van der Waals surface area contributed by atoms with Crippen LogP contribution < -0.4 is 0 Å². The molecule has 0 fully saturated rings. The summed E-state index contributed by atoms with van der Waals surface area (Å²) in [6.45, 7) is 0. The summed E-state index contributed by atoms with van der Waals surface area (Å²) in [4.78, 5) is -0.957. The van der Waals surface area contributed by atoms with Crippen LogP contribution in [0.4, 0.5) is 4.39 Å². The maximum Gasteiger partial charge on any atom is 0.297 e. The van der Waals surface area contributed by atoms with E-state index in [-0.39, 0.29) is 9.92 Å². The number of hydrogen-bond donors (Lipinski definition) is 2. The lowest BCUT2D eigenvalue weighted by Gasteiger charge is -1.97. The Bertz CT molecular complexity index is 791. The molecule has 2 aromatic rings. The first-order valence-corrected chi connectivity index (χ1v) is 8.73. The summed E-state index contributed by atoms with van der Waals surface area (Å²) in [5.41, 5.74) is 0. The lowest BCUT2D eigenvalue weighted by Crippen LogP contribution is -2.00. The summed E-state index contributed by atoms with van der Waals surface area (Å²) in [5.74, 6) is -0.949. The Hall–Kier alpha value is -1.52. The first-order chi connectivity index (χ1) is 10.0. The fraction of sp³-hybridized carbons (Fsp3) is 0. The highest BCUT2D eigenvalue weighted by atomic mass is 35.5. The third-order valence-electron chi connectivity index (χ3n) is 2.23. The minimum absolute atomic E-state index is 0.0231. The van der Waals surface area contributed by atoms with E-state index in [9.17, 15) is 21.2 Å². The van der Waals surface area contributed by atoms with E-state index in [1.807, 2.05) is 0 Å². The molecular formula is C12H10ClFO6S2. The van der Waals surface area contributed by atoms with Gasteiger partial charge in [0.15, 0.2) is 0 Å². The number of halogens is 2. The molecule has 0 atom stereocenters. The average molecular weight is 369 g/mol. The molecule has 0 unspecified atom stereocenters. The van der Waals surface area contributed by atoms with Gasteiger partial charge in [-0.3, -0.25) is 9.11 Å². The average Bonchev–Trinajstić information content (AvgIpc) is 2.37. The molecule has 22 heavy (non-hydrogen) atoms. The van der Waals surface area contributed by atoms with Crippen molar-refractivity contribution >= 4 is 31.8 Å². The van der Waals surface area contributed by atoms with Gasteiger partial charge in [-0.05, 0) is 24.3 Å². The van der Waals surface area contributed by atoms with Crippen LogP contribution >= 0.6 is 11.6 Å². The van der Waals surface area contributed by atoms with Gasteiger partial charge in [0, 0.05) is 0 Å². The summed E-state index contributed by atoms with van der Waals surface area (Å²) < 4.78 is 71.3. The van der Waals surface area contributed by atoms with E-state index in [0.717, 1.165) is 12.1 Å². The molecule has 0 heterocycles. The highest BCUT2D eigenvalue weighted by Gasteiger charge is 2.13. The molecule has 0 bridgehead atoms. The zero-order chi connectivity index (χ0) is 17.0. The second kappa shape index (κ2) is 7.16. The van der Waals surface area contributed by atoms with Gasteiger partial charge in [-0.2, -0.15) is 16.8 Å². The summed E-state index contributed by atoms with van der Waals surface area (Å²) in [6, 6.07) is 10.3. The maximum atomic E-state index is 12.5. The Morgan fingerprint density at radius 2 is 1.18 bits per heavy atom. The van der Waals surface area contributed by atoms with Gasteiger partial charge in [0.1, 0.15) is 15.6 Å². The smallest absolute Gasteiger partial charge is 0.282 e. The quantitative estimate of drug-likeness (QED) is 0.789. The lowest BCUT2D eigenvalue weighted by molar-refractivity contribution is 0.473. The van der Waals surface area contributed by atoms with Crippen LogP contribution in [0.2, 0.25) is 5.02 Å². The van der Waals surface area contributed by atoms with Gasteiger partial charge in [0.2, 0.25) is 0 Å². The van der Waals surface area contributed by atoms with Gasteiger partial charge in [-0.1, -0.05) is 35.9 Å². The summed E-state index contributed by atoms with van der Waals surface area (Å²) >= 11 is 5.47. The van der Waals surface area contributed by atoms with Crippen LogP contribution in [0.3, 0.4) is 0 Å². The van der Waals surface area contributed by atoms with Crippen molar-refractivity contribution in [2.45, 2.75) is 9.79 Å². The molecule has 0 aliphatic rings. The van der Waals surface area contributed by atoms with Crippen molar-refractivity contribution in [3.8, 4) is 0 Å². The Balaban J connectivity index is 0.000000220. The van der Waals surface area contributed by atoms with Crippen molar-refractivity contribution in [3.05, 3.63) is 59.4 Å². The Morgan fingerprint density at radius 3 is 1.50 bits per heavy atom. The minimum atomic E-state index is -4.41. The van der Waals surface area contributed by atoms with E-state index in [4.69, 9.17) is 20.7 Å². The van der Waals surface area contributed by atoms with E-state index < -0.39 is 30.9 Å². The van der Waals surface area contributed by atoms with Gasteiger partial charge in [0.25, 0.3) is 20.2 Å². The van der Waals surface area contributed by atoms with Crippen molar-refractivity contribution < 1.29 is 30.3 Å². The van der Waals surface area contributed by atoms with E-state index in [1.165, 1.54) is 30.3 Å². The SMILES string of the molecule is O=S(=O)(O)c1ccccc1Cl.O=S(=O)(O)c1ccccc1F. The predicted octanol–water partition coefficient (Wildman–Crippen LogP) is 2.66. The molecule has 120 valence electrons. The molecule has 0 aromatic heterocycles. The summed E-state index contributed by atoms with van der Waals surface area (Å²) in [6.07, 6.45) is 0. The molecule has 0 aliphatic heterocycles. The molecule has 0 saturated heterocycles. The van der Waals surface area contributed by atoms with Crippen LogP contribution in [-0.4, -0.2) is 25.9 Å². The molecule has 6 nitrogen and oxygen atoms in total. The van der Waals surface area contributed by atoms with Gasteiger partial charge in [-0.15, -0.1) is 0 Å². The second-order valence-corrected chi connectivity index (χ2v) is 7.00. The fourth-order valence-corrected chi connectivity index (χ4v) is 2.87. The largest absolute Gasteiger partial charge is 0.297 e.